The summed E-state index contributed by atoms with van der Waals surface area (Å²) in [5, 5.41) is 4.43. The van der Waals surface area contributed by atoms with Crippen LogP contribution in [0.2, 0.25) is 0 Å². The van der Waals surface area contributed by atoms with E-state index >= 15 is 0 Å². The topological polar surface area (TPSA) is 69.0 Å². The maximum absolute atomic E-state index is 5.82. The highest BCUT2D eigenvalue weighted by atomic mass is 32.1. The zero-order chi connectivity index (χ0) is 20.1. The predicted octanol–water partition coefficient (Wildman–Crippen LogP) is 3.13. The Morgan fingerprint density at radius 3 is 2.45 bits per heavy atom. The van der Waals surface area contributed by atoms with Crippen LogP contribution in [-0.4, -0.2) is 66.0 Å². The van der Waals surface area contributed by atoms with E-state index < -0.39 is 0 Å². The number of benzene rings is 1. The van der Waals surface area contributed by atoms with Crippen molar-refractivity contribution in [3.8, 4) is 23.1 Å². The predicted molar refractivity (Wildman–Crippen MR) is 110 cm³/mol. The summed E-state index contributed by atoms with van der Waals surface area (Å²) in [4.78, 5) is 5.06. The van der Waals surface area contributed by atoms with Crippen molar-refractivity contribution in [3.63, 3.8) is 0 Å². The number of ether oxygens (including phenoxy) is 2. The SMILES string of the molecule is COc1ccc(OCCN2CCN(Cn3nc(-c4ccco4)oc3=S)CC2)cc1. The molecule has 0 bridgehead atoms. The van der Waals surface area contributed by atoms with Crippen molar-refractivity contribution >= 4 is 12.2 Å². The zero-order valence-electron chi connectivity index (χ0n) is 16.3. The van der Waals surface area contributed by atoms with E-state index in [-0.39, 0.29) is 0 Å². The van der Waals surface area contributed by atoms with Crippen LogP contribution in [-0.2, 0) is 6.67 Å². The molecule has 4 rings (SSSR count). The molecular weight excluding hydrogens is 392 g/mol. The molecule has 0 spiro atoms. The van der Waals surface area contributed by atoms with Crippen LogP contribution in [0.3, 0.4) is 0 Å². The summed E-state index contributed by atoms with van der Waals surface area (Å²) in [6.45, 7) is 5.99. The fourth-order valence-corrected chi connectivity index (χ4v) is 3.38. The van der Waals surface area contributed by atoms with E-state index in [9.17, 15) is 0 Å². The van der Waals surface area contributed by atoms with Gasteiger partial charge in [0.05, 0.1) is 20.0 Å². The van der Waals surface area contributed by atoms with Gasteiger partial charge in [0, 0.05) is 32.7 Å². The lowest BCUT2D eigenvalue weighted by Crippen LogP contribution is -2.47. The van der Waals surface area contributed by atoms with Crippen LogP contribution in [0.25, 0.3) is 11.7 Å². The van der Waals surface area contributed by atoms with Gasteiger partial charge in [-0.05, 0) is 48.6 Å². The van der Waals surface area contributed by atoms with Gasteiger partial charge in [-0.3, -0.25) is 9.80 Å². The summed E-state index contributed by atoms with van der Waals surface area (Å²) >= 11 is 5.29. The molecule has 9 heteroatoms. The molecule has 3 aromatic rings. The summed E-state index contributed by atoms with van der Waals surface area (Å²) in [6.07, 6.45) is 1.59. The highest BCUT2D eigenvalue weighted by molar-refractivity contribution is 7.71. The van der Waals surface area contributed by atoms with Crippen molar-refractivity contribution in [2.24, 2.45) is 0 Å². The Balaban J connectivity index is 1.21. The Bertz CT molecular complexity index is 944. The Hall–Kier alpha value is -2.62. The van der Waals surface area contributed by atoms with E-state index in [1.807, 2.05) is 24.3 Å². The molecule has 1 saturated heterocycles. The first-order valence-electron chi connectivity index (χ1n) is 9.54. The minimum absolute atomic E-state index is 0.353. The third-order valence-corrected chi connectivity index (χ3v) is 5.17. The van der Waals surface area contributed by atoms with Crippen LogP contribution in [0.15, 0.2) is 51.5 Å². The van der Waals surface area contributed by atoms with Crippen molar-refractivity contribution < 1.29 is 18.3 Å². The van der Waals surface area contributed by atoms with Gasteiger partial charge in [-0.25, -0.2) is 4.68 Å². The van der Waals surface area contributed by atoms with Gasteiger partial charge >= 0.3 is 0 Å². The minimum Gasteiger partial charge on any atom is -0.497 e. The van der Waals surface area contributed by atoms with Crippen LogP contribution < -0.4 is 9.47 Å². The fourth-order valence-electron chi connectivity index (χ4n) is 3.20. The number of nitrogens with zero attached hydrogens (tertiary/aromatic N) is 4. The molecular formula is C20H24N4O4S. The van der Waals surface area contributed by atoms with Crippen molar-refractivity contribution in [1.29, 1.82) is 0 Å². The fraction of sp³-hybridized carbons (Fsp3) is 0.400. The monoisotopic (exact) mass is 416 g/mol. The third-order valence-electron chi connectivity index (χ3n) is 4.87. The number of hydrogen-bond donors (Lipinski definition) is 0. The quantitative estimate of drug-likeness (QED) is 0.519. The summed E-state index contributed by atoms with van der Waals surface area (Å²) in [5.74, 6) is 2.68. The maximum Gasteiger partial charge on any atom is 0.288 e. The van der Waals surface area contributed by atoms with Crippen LogP contribution in [0, 0.1) is 4.84 Å². The Morgan fingerprint density at radius 1 is 1.03 bits per heavy atom. The zero-order valence-corrected chi connectivity index (χ0v) is 17.1. The van der Waals surface area contributed by atoms with Gasteiger partial charge in [-0.2, -0.15) is 0 Å². The summed E-state index contributed by atoms with van der Waals surface area (Å²) in [7, 11) is 1.66. The highest BCUT2D eigenvalue weighted by Crippen LogP contribution is 2.19. The molecule has 3 heterocycles. The lowest BCUT2D eigenvalue weighted by atomic mass is 10.3. The minimum atomic E-state index is 0.353. The summed E-state index contributed by atoms with van der Waals surface area (Å²) < 4.78 is 23.5. The molecule has 0 amide bonds. The van der Waals surface area contributed by atoms with E-state index in [1.165, 1.54) is 0 Å². The molecule has 154 valence electrons. The van der Waals surface area contributed by atoms with E-state index in [2.05, 4.69) is 14.9 Å². The third kappa shape index (κ3) is 5.06. The standard InChI is InChI=1S/C20H24N4O4S/c1-25-16-4-6-17(7-5-16)26-14-12-22-8-10-23(11-9-22)15-24-20(29)28-19(21-24)18-3-2-13-27-18/h2-7,13H,8-12,14-15H2,1H3. The van der Waals surface area contributed by atoms with Gasteiger partial charge in [0.1, 0.15) is 18.1 Å². The van der Waals surface area contributed by atoms with Crippen molar-refractivity contribution in [2.75, 3.05) is 46.4 Å². The molecule has 8 nitrogen and oxygen atoms in total. The van der Waals surface area contributed by atoms with E-state index in [1.54, 1.807) is 30.2 Å². The van der Waals surface area contributed by atoms with Crippen LogP contribution >= 0.6 is 12.2 Å². The molecule has 0 aliphatic carbocycles. The molecule has 2 aromatic heterocycles. The van der Waals surface area contributed by atoms with Crippen molar-refractivity contribution in [3.05, 3.63) is 47.5 Å². The number of rotatable bonds is 8. The largest absolute Gasteiger partial charge is 0.497 e. The van der Waals surface area contributed by atoms with Gasteiger partial charge in [-0.15, -0.1) is 5.10 Å². The van der Waals surface area contributed by atoms with Gasteiger partial charge in [0.15, 0.2) is 5.76 Å². The van der Waals surface area contributed by atoms with Gasteiger partial charge in [-0.1, -0.05) is 0 Å². The second-order valence-electron chi connectivity index (χ2n) is 6.78. The molecule has 1 aromatic carbocycles. The van der Waals surface area contributed by atoms with Crippen LogP contribution in [0.1, 0.15) is 0 Å². The van der Waals surface area contributed by atoms with Crippen molar-refractivity contribution in [2.45, 2.75) is 6.67 Å². The Labute approximate surface area is 174 Å². The molecule has 1 aliphatic heterocycles. The number of hydrogen-bond acceptors (Lipinski definition) is 8. The molecule has 1 aliphatic rings. The molecule has 29 heavy (non-hydrogen) atoms. The normalized spacial score (nSPS) is 15.5. The number of methoxy groups -OCH3 is 1. The number of piperazine rings is 1. The Kier molecular flexibility index (Phi) is 6.28. The lowest BCUT2D eigenvalue weighted by Gasteiger charge is -2.34. The van der Waals surface area contributed by atoms with E-state index in [4.69, 9.17) is 30.5 Å². The summed E-state index contributed by atoms with van der Waals surface area (Å²) in [5.41, 5.74) is 0. The molecule has 0 saturated carbocycles. The second-order valence-corrected chi connectivity index (χ2v) is 7.12. The Morgan fingerprint density at radius 2 is 1.76 bits per heavy atom. The maximum atomic E-state index is 5.82. The van der Waals surface area contributed by atoms with Crippen molar-refractivity contribution in [1.82, 2.24) is 19.6 Å². The second kappa shape index (κ2) is 9.25. The average Bonchev–Trinajstić information content (AvgIpc) is 3.40. The van der Waals surface area contributed by atoms with Crippen LogP contribution in [0.5, 0.6) is 11.5 Å². The van der Waals surface area contributed by atoms with E-state index in [0.717, 1.165) is 44.2 Å². The summed E-state index contributed by atoms with van der Waals surface area (Å²) in [6, 6.07) is 11.3. The van der Waals surface area contributed by atoms with Gasteiger partial charge in [0.2, 0.25) is 0 Å². The van der Waals surface area contributed by atoms with Gasteiger partial charge in [0.25, 0.3) is 10.7 Å². The highest BCUT2D eigenvalue weighted by Gasteiger charge is 2.19. The molecule has 0 N–H and O–H groups in total. The first kappa shape index (κ1) is 19.7. The molecule has 0 radical (unpaired) electrons. The molecule has 0 unspecified atom stereocenters. The average molecular weight is 417 g/mol. The number of aromatic nitrogens is 2. The lowest BCUT2D eigenvalue weighted by molar-refractivity contribution is 0.0915. The van der Waals surface area contributed by atoms with Crippen LogP contribution in [0.4, 0.5) is 0 Å². The first-order chi connectivity index (χ1) is 14.2. The van der Waals surface area contributed by atoms with Gasteiger partial charge < -0.3 is 18.3 Å². The smallest absolute Gasteiger partial charge is 0.288 e. The molecule has 0 atom stereocenters. The number of furan rings is 1. The van der Waals surface area contributed by atoms with E-state index in [0.29, 0.717) is 29.8 Å². The molecule has 1 fully saturated rings. The first-order valence-corrected chi connectivity index (χ1v) is 9.95.